The van der Waals surface area contributed by atoms with Crippen molar-refractivity contribution in [2.45, 2.75) is 27.7 Å². The number of fused-ring (bicyclic) bond motifs is 1. The summed E-state index contributed by atoms with van der Waals surface area (Å²) < 4.78 is 46.5. The summed E-state index contributed by atoms with van der Waals surface area (Å²) in [6.45, 7) is 7.45. The van der Waals surface area contributed by atoms with Crippen LogP contribution in [0.4, 0.5) is 8.78 Å². The second-order valence-electron chi connectivity index (χ2n) is 8.82. The van der Waals surface area contributed by atoms with Crippen LogP contribution in [-0.4, -0.2) is 39.0 Å². The molecule has 3 heterocycles. The number of hydrogen-bond acceptors (Lipinski definition) is 7. The Morgan fingerprint density at radius 3 is 2.54 bits per heavy atom. The van der Waals surface area contributed by atoms with Gasteiger partial charge in [0.1, 0.15) is 40.1 Å². The van der Waals surface area contributed by atoms with Gasteiger partial charge in [-0.05, 0) is 52.0 Å². The van der Waals surface area contributed by atoms with Crippen molar-refractivity contribution in [1.29, 1.82) is 0 Å². The van der Waals surface area contributed by atoms with E-state index in [9.17, 15) is 18.7 Å². The molecule has 0 radical (unpaired) electrons. The summed E-state index contributed by atoms with van der Waals surface area (Å²) in [7, 11) is 0. The largest absolute Gasteiger partial charge is 0.507 e. The van der Waals surface area contributed by atoms with E-state index in [2.05, 4.69) is 10.1 Å². The molecule has 200 valence electrons. The number of carbonyl (C=O) groups excluding carboxylic acids is 1. The zero-order chi connectivity index (χ0) is 27.8. The van der Waals surface area contributed by atoms with E-state index in [0.29, 0.717) is 44.9 Å². The van der Waals surface area contributed by atoms with E-state index < -0.39 is 17.6 Å². The molecule has 0 saturated carbocycles. The van der Waals surface area contributed by atoms with Gasteiger partial charge in [-0.1, -0.05) is 5.16 Å². The summed E-state index contributed by atoms with van der Waals surface area (Å²) in [5.74, 6) is -1.60. The standard InChI is InChI=1S/C29H25F2N3O5/c1-5-37-26-12-25(35)21(29(36)38-6-2)11-19(26)22-14-34(24-8-7-18(30)10-23(24)31)28-20(22)9-17(13-32-28)27-15(3)33-39-16(27)4/h7-14,35H,5-6H2,1-4H3. The fourth-order valence-electron chi connectivity index (χ4n) is 4.64. The molecule has 0 saturated heterocycles. The highest BCUT2D eigenvalue weighted by Gasteiger charge is 2.24. The highest BCUT2D eigenvalue weighted by Crippen LogP contribution is 2.42. The SMILES string of the molecule is CCOC(=O)c1cc(-c2cn(-c3ccc(F)cc3F)c3ncc(-c4c(C)noc4C)cc23)c(OCC)cc1O. The zero-order valence-corrected chi connectivity index (χ0v) is 21.7. The number of aryl methyl sites for hydroxylation is 2. The van der Waals surface area contributed by atoms with Gasteiger partial charge >= 0.3 is 5.97 Å². The number of rotatable bonds is 7. The molecule has 0 unspecified atom stereocenters. The number of carbonyl (C=O) groups is 1. The minimum absolute atomic E-state index is 0.0565. The highest BCUT2D eigenvalue weighted by atomic mass is 19.1. The number of ether oxygens (including phenoxy) is 2. The lowest BCUT2D eigenvalue weighted by atomic mass is 9.99. The number of aromatic hydroxyl groups is 1. The van der Waals surface area contributed by atoms with Crippen LogP contribution >= 0.6 is 0 Å². The molecule has 10 heteroatoms. The predicted molar refractivity (Wildman–Crippen MR) is 140 cm³/mol. The van der Waals surface area contributed by atoms with Crippen molar-refractivity contribution in [2.24, 2.45) is 0 Å². The molecule has 3 aromatic heterocycles. The maximum atomic E-state index is 15.0. The lowest BCUT2D eigenvalue weighted by molar-refractivity contribution is 0.0523. The number of esters is 1. The highest BCUT2D eigenvalue weighted by molar-refractivity contribution is 6.01. The van der Waals surface area contributed by atoms with Crippen molar-refractivity contribution < 1.29 is 32.7 Å². The Hall–Kier alpha value is -4.73. The van der Waals surface area contributed by atoms with E-state index in [1.54, 1.807) is 33.2 Å². The maximum Gasteiger partial charge on any atom is 0.341 e. The lowest BCUT2D eigenvalue weighted by Gasteiger charge is -2.13. The fourth-order valence-corrected chi connectivity index (χ4v) is 4.64. The van der Waals surface area contributed by atoms with Gasteiger partial charge in [0.25, 0.3) is 0 Å². The molecule has 2 aromatic carbocycles. The molecule has 0 bridgehead atoms. The lowest BCUT2D eigenvalue weighted by Crippen LogP contribution is -2.06. The van der Waals surface area contributed by atoms with E-state index in [1.165, 1.54) is 22.8 Å². The van der Waals surface area contributed by atoms with Crippen LogP contribution in [0.5, 0.6) is 11.5 Å². The molecule has 0 aliphatic carbocycles. The third-order valence-corrected chi connectivity index (χ3v) is 6.32. The molecule has 0 fully saturated rings. The Morgan fingerprint density at radius 2 is 1.87 bits per heavy atom. The minimum atomic E-state index is -0.780. The van der Waals surface area contributed by atoms with E-state index in [-0.39, 0.29) is 30.2 Å². The molecule has 1 N–H and O–H groups in total. The summed E-state index contributed by atoms with van der Waals surface area (Å²) >= 11 is 0. The van der Waals surface area contributed by atoms with Gasteiger partial charge in [-0.15, -0.1) is 0 Å². The monoisotopic (exact) mass is 533 g/mol. The summed E-state index contributed by atoms with van der Waals surface area (Å²) in [4.78, 5) is 17.3. The average Bonchev–Trinajstić information content (AvgIpc) is 3.43. The molecular formula is C29H25F2N3O5. The molecule has 5 aromatic rings. The van der Waals surface area contributed by atoms with E-state index in [1.807, 2.05) is 13.0 Å². The van der Waals surface area contributed by atoms with Gasteiger partial charge in [0.2, 0.25) is 0 Å². The van der Waals surface area contributed by atoms with Crippen LogP contribution in [0.2, 0.25) is 0 Å². The number of benzene rings is 2. The molecule has 0 aliphatic rings. The van der Waals surface area contributed by atoms with Gasteiger partial charge < -0.3 is 19.1 Å². The van der Waals surface area contributed by atoms with Crippen molar-refractivity contribution in [2.75, 3.05) is 13.2 Å². The third-order valence-electron chi connectivity index (χ3n) is 6.32. The van der Waals surface area contributed by atoms with Crippen LogP contribution in [0.25, 0.3) is 39.0 Å². The maximum absolute atomic E-state index is 15.0. The third kappa shape index (κ3) is 4.58. The first-order valence-corrected chi connectivity index (χ1v) is 12.3. The van der Waals surface area contributed by atoms with Crippen LogP contribution in [0.1, 0.15) is 35.7 Å². The molecular weight excluding hydrogens is 508 g/mol. The van der Waals surface area contributed by atoms with Gasteiger partial charge in [0.15, 0.2) is 0 Å². The smallest absolute Gasteiger partial charge is 0.341 e. The topological polar surface area (TPSA) is 99.6 Å². The Kier molecular flexibility index (Phi) is 6.78. The Balaban J connectivity index is 1.84. The molecule has 39 heavy (non-hydrogen) atoms. The van der Waals surface area contributed by atoms with Crippen molar-refractivity contribution in [3.63, 3.8) is 0 Å². The number of aromatic nitrogens is 3. The van der Waals surface area contributed by atoms with Gasteiger partial charge in [0, 0.05) is 52.2 Å². The van der Waals surface area contributed by atoms with Crippen LogP contribution in [0.15, 0.2) is 53.3 Å². The predicted octanol–water partition coefficient (Wildman–Crippen LogP) is 6.52. The van der Waals surface area contributed by atoms with E-state index in [4.69, 9.17) is 14.0 Å². The molecule has 0 spiro atoms. The summed E-state index contributed by atoms with van der Waals surface area (Å²) in [5, 5.41) is 15.2. The Bertz CT molecular complexity index is 1700. The summed E-state index contributed by atoms with van der Waals surface area (Å²) in [5.41, 5.74) is 3.51. The quantitative estimate of drug-likeness (QED) is 0.238. The number of phenolic OH excluding ortho intramolecular Hbond substituents is 1. The molecule has 8 nitrogen and oxygen atoms in total. The molecule has 0 aliphatic heterocycles. The van der Waals surface area contributed by atoms with Crippen molar-refractivity contribution in [3.8, 4) is 39.4 Å². The summed E-state index contributed by atoms with van der Waals surface area (Å²) in [6.07, 6.45) is 3.26. The molecule has 0 atom stereocenters. The Morgan fingerprint density at radius 1 is 1.08 bits per heavy atom. The van der Waals surface area contributed by atoms with Gasteiger partial charge in [0.05, 0.1) is 24.6 Å². The van der Waals surface area contributed by atoms with E-state index in [0.717, 1.165) is 17.7 Å². The van der Waals surface area contributed by atoms with Crippen LogP contribution in [-0.2, 0) is 4.74 Å². The normalized spacial score (nSPS) is 11.2. The van der Waals surface area contributed by atoms with Crippen LogP contribution in [0.3, 0.4) is 0 Å². The average molecular weight is 534 g/mol. The zero-order valence-electron chi connectivity index (χ0n) is 21.7. The van der Waals surface area contributed by atoms with Crippen molar-refractivity contribution in [3.05, 3.63) is 77.4 Å². The van der Waals surface area contributed by atoms with Gasteiger partial charge in [-0.2, -0.15) is 0 Å². The Labute approximate surface area is 222 Å². The first-order chi connectivity index (χ1) is 18.7. The first kappa shape index (κ1) is 25.9. The molecule has 0 amide bonds. The number of hydrogen-bond donors (Lipinski definition) is 1. The second kappa shape index (κ2) is 10.2. The molecule has 5 rings (SSSR count). The van der Waals surface area contributed by atoms with Crippen LogP contribution < -0.4 is 4.74 Å². The summed E-state index contributed by atoms with van der Waals surface area (Å²) in [6, 6.07) is 7.95. The minimum Gasteiger partial charge on any atom is -0.507 e. The van der Waals surface area contributed by atoms with Crippen molar-refractivity contribution >= 4 is 17.0 Å². The number of pyridine rings is 1. The fraction of sp³-hybridized carbons (Fsp3) is 0.207. The number of halogens is 2. The second-order valence-corrected chi connectivity index (χ2v) is 8.82. The van der Waals surface area contributed by atoms with Gasteiger partial charge in [-0.25, -0.2) is 18.6 Å². The van der Waals surface area contributed by atoms with Crippen LogP contribution in [0, 0.1) is 25.5 Å². The number of nitrogens with zero attached hydrogens (tertiary/aromatic N) is 3. The van der Waals surface area contributed by atoms with Crippen molar-refractivity contribution in [1.82, 2.24) is 14.7 Å². The first-order valence-electron chi connectivity index (χ1n) is 12.3. The van der Waals surface area contributed by atoms with Gasteiger partial charge in [-0.3, -0.25) is 4.57 Å². The number of phenols is 1. The van der Waals surface area contributed by atoms with E-state index >= 15 is 0 Å².